The molecule has 3 N–H and O–H groups in total. The molecule has 1 aromatic rings. The van der Waals surface area contributed by atoms with Crippen LogP contribution in [0.4, 0.5) is 5.82 Å². The van der Waals surface area contributed by atoms with Gasteiger partial charge in [-0.3, -0.25) is 4.90 Å². The van der Waals surface area contributed by atoms with Crippen LogP contribution in [0.25, 0.3) is 0 Å². The zero-order chi connectivity index (χ0) is 13.0. The summed E-state index contributed by atoms with van der Waals surface area (Å²) in [5, 5.41) is 0. The molecule has 0 aromatic carbocycles. The van der Waals surface area contributed by atoms with E-state index in [0.717, 1.165) is 19.6 Å². The van der Waals surface area contributed by atoms with E-state index in [1.807, 2.05) is 12.3 Å². The highest BCUT2D eigenvalue weighted by Gasteiger charge is 2.25. The van der Waals surface area contributed by atoms with Crippen molar-refractivity contribution in [1.29, 1.82) is 0 Å². The van der Waals surface area contributed by atoms with E-state index in [2.05, 4.69) is 28.3 Å². The second kappa shape index (κ2) is 6.13. The van der Waals surface area contributed by atoms with E-state index in [0.29, 0.717) is 17.8 Å². The van der Waals surface area contributed by atoms with Crippen LogP contribution < -0.4 is 11.3 Å². The summed E-state index contributed by atoms with van der Waals surface area (Å²) in [6.07, 6.45) is 3.40. The average molecular weight is 250 g/mol. The first-order valence-electron chi connectivity index (χ1n) is 6.39. The summed E-state index contributed by atoms with van der Waals surface area (Å²) in [5.74, 6) is 6.64. The number of nitrogens with zero attached hydrogens (tertiary/aromatic N) is 2. The summed E-state index contributed by atoms with van der Waals surface area (Å²) >= 11 is 0. The predicted molar refractivity (Wildman–Crippen MR) is 71.9 cm³/mol. The lowest BCUT2D eigenvalue weighted by Gasteiger charge is -2.36. The largest absolute Gasteiger partial charge is 0.380 e. The number of aromatic nitrogens is 1. The molecule has 5 heteroatoms. The predicted octanol–water partition coefficient (Wildman–Crippen LogP) is 1.22. The lowest BCUT2D eigenvalue weighted by atomic mass is 9.95. The number of likely N-dealkylation sites (tertiary alicyclic amines) is 1. The van der Waals surface area contributed by atoms with E-state index in [9.17, 15) is 0 Å². The summed E-state index contributed by atoms with van der Waals surface area (Å²) in [6, 6.07) is 3.96. The van der Waals surface area contributed by atoms with Crippen LogP contribution >= 0.6 is 0 Å². The van der Waals surface area contributed by atoms with Gasteiger partial charge in [-0.1, -0.05) is 13.0 Å². The van der Waals surface area contributed by atoms with E-state index >= 15 is 0 Å². The molecule has 0 spiro atoms. The van der Waals surface area contributed by atoms with E-state index in [-0.39, 0.29) is 0 Å². The van der Waals surface area contributed by atoms with Gasteiger partial charge in [-0.2, -0.15) is 0 Å². The Kier molecular flexibility index (Phi) is 4.52. The van der Waals surface area contributed by atoms with Crippen LogP contribution in [0.15, 0.2) is 18.3 Å². The number of nitrogens with two attached hydrogens (primary N) is 1. The van der Waals surface area contributed by atoms with E-state index in [1.54, 1.807) is 7.11 Å². The molecule has 1 saturated heterocycles. The highest BCUT2D eigenvalue weighted by molar-refractivity contribution is 5.33. The van der Waals surface area contributed by atoms with Crippen molar-refractivity contribution < 1.29 is 4.74 Å². The Balaban J connectivity index is 1.92. The minimum absolute atomic E-state index is 0.344. The van der Waals surface area contributed by atoms with Crippen molar-refractivity contribution in [3.8, 4) is 0 Å². The first-order valence-corrected chi connectivity index (χ1v) is 6.39. The van der Waals surface area contributed by atoms with Crippen LogP contribution in [0.3, 0.4) is 0 Å². The number of nitrogen functional groups attached to an aromatic ring is 1. The molecule has 1 aliphatic rings. The standard InChI is InChI=1S/C13H22N4O/c1-10-5-6-17(9-12(10)18-2)8-11-3-4-13(16-14)15-7-11/h3-4,7,10,12H,5-6,8-9,14H2,1-2H3,(H,15,16). The van der Waals surface area contributed by atoms with Crippen molar-refractivity contribution in [2.45, 2.75) is 26.0 Å². The SMILES string of the molecule is COC1CN(Cc2ccc(NN)nc2)CCC1C. The zero-order valence-electron chi connectivity index (χ0n) is 11.1. The molecular weight excluding hydrogens is 228 g/mol. The maximum absolute atomic E-state index is 5.52. The molecule has 0 bridgehead atoms. The van der Waals surface area contributed by atoms with E-state index in [1.165, 1.54) is 12.0 Å². The van der Waals surface area contributed by atoms with Gasteiger partial charge in [0.1, 0.15) is 5.82 Å². The Bertz CT molecular complexity index is 368. The molecule has 2 unspecified atom stereocenters. The molecule has 100 valence electrons. The second-order valence-corrected chi connectivity index (χ2v) is 4.97. The highest BCUT2D eigenvalue weighted by Crippen LogP contribution is 2.21. The Hall–Kier alpha value is -1.17. The average Bonchev–Trinajstić information content (AvgIpc) is 2.42. The third-order valence-corrected chi connectivity index (χ3v) is 3.66. The number of ether oxygens (including phenoxy) is 1. The van der Waals surface area contributed by atoms with Crippen LogP contribution in [0.5, 0.6) is 0 Å². The number of methoxy groups -OCH3 is 1. The first kappa shape index (κ1) is 13.3. The summed E-state index contributed by atoms with van der Waals surface area (Å²) in [5.41, 5.74) is 3.74. The molecular formula is C13H22N4O. The van der Waals surface area contributed by atoms with Gasteiger partial charge in [-0.25, -0.2) is 10.8 Å². The molecule has 0 amide bonds. The molecule has 0 radical (unpaired) electrons. The minimum Gasteiger partial charge on any atom is -0.380 e. The topological polar surface area (TPSA) is 63.4 Å². The van der Waals surface area contributed by atoms with Gasteiger partial charge < -0.3 is 10.2 Å². The number of anilines is 1. The van der Waals surface area contributed by atoms with Crippen molar-refractivity contribution in [1.82, 2.24) is 9.88 Å². The Morgan fingerprint density at radius 1 is 1.56 bits per heavy atom. The maximum Gasteiger partial charge on any atom is 0.139 e. The minimum atomic E-state index is 0.344. The second-order valence-electron chi connectivity index (χ2n) is 4.97. The maximum atomic E-state index is 5.52. The lowest BCUT2D eigenvalue weighted by Crippen LogP contribution is -2.43. The van der Waals surface area contributed by atoms with E-state index < -0.39 is 0 Å². The fourth-order valence-corrected chi connectivity index (χ4v) is 2.41. The summed E-state index contributed by atoms with van der Waals surface area (Å²) in [6.45, 7) is 5.30. The van der Waals surface area contributed by atoms with Gasteiger partial charge >= 0.3 is 0 Å². The summed E-state index contributed by atoms with van der Waals surface area (Å²) in [4.78, 5) is 6.64. The van der Waals surface area contributed by atoms with Crippen molar-refractivity contribution in [2.24, 2.45) is 11.8 Å². The van der Waals surface area contributed by atoms with Crippen molar-refractivity contribution >= 4 is 5.82 Å². The van der Waals surface area contributed by atoms with Gasteiger partial charge in [0, 0.05) is 26.4 Å². The summed E-state index contributed by atoms with van der Waals surface area (Å²) < 4.78 is 5.52. The van der Waals surface area contributed by atoms with Crippen molar-refractivity contribution in [3.05, 3.63) is 23.9 Å². The number of hydrogen-bond acceptors (Lipinski definition) is 5. The van der Waals surface area contributed by atoms with Crippen LogP contribution in [-0.4, -0.2) is 36.2 Å². The third kappa shape index (κ3) is 3.19. The van der Waals surface area contributed by atoms with Gasteiger partial charge in [-0.05, 0) is 30.5 Å². The van der Waals surface area contributed by atoms with Gasteiger partial charge in [0.25, 0.3) is 0 Å². The molecule has 1 aromatic heterocycles. The highest BCUT2D eigenvalue weighted by atomic mass is 16.5. The van der Waals surface area contributed by atoms with Crippen molar-refractivity contribution in [2.75, 3.05) is 25.6 Å². The molecule has 0 aliphatic carbocycles. The van der Waals surface area contributed by atoms with Gasteiger partial charge in [-0.15, -0.1) is 0 Å². The number of nitrogens with one attached hydrogen (secondary N) is 1. The van der Waals surface area contributed by atoms with Crippen LogP contribution in [0.1, 0.15) is 18.9 Å². The molecule has 1 aliphatic heterocycles. The Morgan fingerprint density at radius 3 is 3.00 bits per heavy atom. The monoisotopic (exact) mass is 250 g/mol. The van der Waals surface area contributed by atoms with Crippen LogP contribution in [-0.2, 0) is 11.3 Å². The number of hydrazine groups is 1. The third-order valence-electron chi connectivity index (χ3n) is 3.66. The van der Waals surface area contributed by atoms with Crippen LogP contribution in [0, 0.1) is 5.92 Å². The first-order chi connectivity index (χ1) is 8.72. The zero-order valence-corrected chi connectivity index (χ0v) is 11.1. The molecule has 1 fully saturated rings. The van der Waals surface area contributed by atoms with Gasteiger partial charge in [0.05, 0.1) is 6.10 Å². The number of piperidine rings is 1. The molecule has 2 rings (SSSR count). The fourth-order valence-electron chi connectivity index (χ4n) is 2.41. The lowest BCUT2D eigenvalue weighted by molar-refractivity contribution is -0.00747. The summed E-state index contributed by atoms with van der Waals surface area (Å²) in [7, 11) is 1.80. The number of rotatable bonds is 4. The van der Waals surface area contributed by atoms with E-state index in [4.69, 9.17) is 10.6 Å². The molecule has 2 atom stereocenters. The van der Waals surface area contributed by atoms with Crippen LogP contribution in [0.2, 0.25) is 0 Å². The molecule has 18 heavy (non-hydrogen) atoms. The molecule has 0 saturated carbocycles. The van der Waals surface area contributed by atoms with Gasteiger partial charge in [0.2, 0.25) is 0 Å². The Morgan fingerprint density at radius 2 is 2.39 bits per heavy atom. The number of hydrogen-bond donors (Lipinski definition) is 2. The number of pyridine rings is 1. The van der Waals surface area contributed by atoms with Crippen molar-refractivity contribution in [3.63, 3.8) is 0 Å². The molecule has 5 nitrogen and oxygen atoms in total. The normalized spacial score (nSPS) is 25.1. The van der Waals surface area contributed by atoms with Gasteiger partial charge in [0.15, 0.2) is 0 Å². The smallest absolute Gasteiger partial charge is 0.139 e. The Labute approximate surface area is 108 Å². The molecule has 2 heterocycles. The quantitative estimate of drug-likeness (QED) is 0.621. The fraction of sp³-hybridized carbons (Fsp3) is 0.615.